The fraction of sp³-hybridized carbons (Fsp3) is 0.625. The Hall–Kier alpha value is -2.26. The number of aromatic nitrogens is 5. The molecule has 1 amide bonds. The molecule has 0 saturated carbocycles. The lowest BCUT2D eigenvalue weighted by Gasteiger charge is -2.41. The van der Waals surface area contributed by atoms with Gasteiger partial charge in [0.15, 0.2) is 5.82 Å². The molecule has 0 radical (unpaired) electrons. The number of morpholine rings is 1. The number of H-pyrrole nitrogens is 1. The van der Waals surface area contributed by atoms with Crippen molar-refractivity contribution in [3.63, 3.8) is 0 Å². The Morgan fingerprint density at radius 3 is 2.96 bits per heavy atom. The third-order valence-electron chi connectivity index (χ3n) is 4.85. The molecule has 134 valence electrons. The van der Waals surface area contributed by atoms with E-state index in [1.165, 1.54) is 0 Å². The lowest BCUT2D eigenvalue weighted by Crippen LogP contribution is -2.55. The molecule has 9 heteroatoms. The molecular formula is C16H23N7O2. The number of anilines is 1. The number of ether oxygens (including phenoxy) is 1. The summed E-state index contributed by atoms with van der Waals surface area (Å²) >= 11 is 0. The molecule has 0 unspecified atom stereocenters. The highest BCUT2D eigenvalue weighted by Gasteiger charge is 2.37. The summed E-state index contributed by atoms with van der Waals surface area (Å²) in [7, 11) is 1.86. The molecule has 4 rings (SSSR count). The van der Waals surface area contributed by atoms with Crippen molar-refractivity contribution in [2.75, 3.05) is 31.1 Å². The van der Waals surface area contributed by atoms with Crippen LogP contribution in [0.1, 0.15) is 30.6 Å². The third-order valence-corrected chi connectivity index (χ3v) is 4.85. The molecular weight excluding hydrogens is 322 g/mol. The smallest absolute Gasteiger partial charge is 0.244 e. The molecule has 2 aromatic rings. The van der Waals surface area contributed by atoms with Crippen LogP contribution in [-0.4, -0.2) is 68.1 Å². The van der Waals surface area contributed by atoms with Crippen molar-refractivity contribution in [1.82, 2.24) is 29.9 Å². The Labute approximate surface area is 146 Å². The van der Waals surface area contributed by atoms with Crippen LogP contribution in [-0.2, 0) is 16.6 Å². The van der Waals surface area contributed by atoms with Crippen molar-refractivity contribution in [3.8, 4) is 0 Å². The predicted octanol–water partition coefficient (Wildman–Crippen LogP) is 0.416. The average Bonchev–Trinajstić information content (AvgIpc) is 3.24. The number of rotatable bonds is 3. The second kappa shape index (κ2) is 6.57. The number of aryl methyl sites for hydroxylation is 2. The number of carbonyl (C=O) groups excluding carboxylic acids is 1. The summed E-state index contributed by atoms with van der Waals surface area (Å²) in [5.41, 5.74) is 0.867. The first-order valence-electron chi connectivity index (χ1n) is 8.66. The fourth-order valence-electron chi connectivity index (χ4n) is 3.61. The zero-order chi connectivity index (χ0) is 17.4. The molecule has 2 aliphatic rings. The maximum absolute atomic E-state index is 13.1. The number of nitrogens with zero attached hydrogens (tertiary/aromatic N) is 6. The Balaban J connectivity index is 1.49. The van der Waals surface area contributed by atoms with Crippen molar-refractivity contribution < 1.29 is 9.53 Å². The topological polar surface area (TPSA) is 92.2 Å². The first-order valence-corrected chi connectivity index (χ1v) is 8.66. The molecule has 9 nitrogen and oxygen atoms in total. The summed E-state index contributed by atoms with van der Waals surface area (Å²) < 4.78 is 7.55. The monoisotopic (exact) mass is 345 g/mol. The number of amides is 1. The van der Waals surface area contributed by atoms with Gasteiger partial charge in [0, 0.05) is 32.9 Å². The summed E-state index contributed by atoms with van der Waals surface area (Å²) in [6.45, 7) is 4.57. The SMILES string of the molecule is Cc1nc([C@H]2CN([C@@H]3CCCN(c4cnn(C)c4)C3=O)CCO2)n[nH]1. The van der Waals surface area contributed by atoms with Crippen LogP contribution >= 0.6 is 0 Å². The molecule has 2 atom stereocenters. The van der Waals surface area contributed by atoms with E-state index in [0.29, 0.717) is 19.0 Å². The van der Waals surface area contributed by atoms with Crippen LogP contribution in [0.4, 0.5) is 5.69 Å². The van der Waals surface area contributed by atoms with Gasteiger partial charge in [-0.1, -0.05) is 0 Å². The van der Waals surface area contributed by atoms with Crippen molar-refractivity contribution in [1.29, 1.82) is 0 Å². The minimum atomic E-state index is -0.194. The fourth-order valence-corrected chi connectivity index (χ4v) is 3.61. The Morgan fingerprint density at radius 2 is 2.24 bits per heavy atom. The van der Waals surface area contributed by atoms with Gasteiger partial charge in [0.05, 0.1) is 24.5 Å². The number of carbonyl (C=O) groups is 1. The first kappa shape index (κ1) is 16.2. The average molecular weight is 345 g/mol. The van der Waals surface area contributed by atoms with E-state index in [2.05, 4.69) is 25.2 Å². The predicted molar refractivity (Wildman–Crippen MR) is 90.0 cm³/mol. The Kier molecular flexibility index (Phi) is 4.26. The van der Waals surface area contributed by atoms with Gasteiger partial charge in [-0.15, -0.1) is 0 Å². The van der Waals surface area contributed by atoms with Gasteiger partial charge >= 0.3 is 0 Å². The van der Waals surface area contributed by atoms with Gasteiger partial charge in [0.25, 0.3) is 0 Å². The van der Waals surface area contributed by atoms with Crippen molar-refractivity contribution in [3.05, 3.63) is 24.0 Å². The zero-order valence-corrected chi connectivity index (χ0v) is 14.6. The Bertz CT molecular complexity index is 755. The van der Waals surface area contributed by atoms with Crippen LogP contribution in [0.3, 0.4) is 0 Å². The van der Waals surface area contributed by atoms with Gasteiger partial charge < -0.3 is 9.64 Å². The van der Waals surface area contributed by atoms with E-state index in [9.17, 15) is 4.79 Å². The largest absolute Gasteiger partial charge is 0.367 e. The minimum Gasteiger partial charge on any atom is -0.367 e. The third kappa shape index (κ3) is 3.16. The molecule has 25 heavy (non-hydrogen) atoms. The van der Waals surface area contributed by atoms with Gasteiger partial charge in [-0.2, -0.15) is 10.2 Å². The summed E-state index contributed by atoms with van der Waals surface area (Å²) in [4.78, 5) is 21.5. The maximum atomic E-state index is 13.1. The Morgan fingerprint density at radius 1 is 1.36 bits per heavy atom. The highest BCUT2D eigenvalue weighted by Crippen LogP contribution is 2.27. The van der Waals surface area contributed by atoms with Gasteiger partial charge in [-0.25, -0.2) is 4.98 Å². The van der Waals surface area contributed by atoms with Crippen LogP contribution in [0.25, 0.3) is 0 Å². The van der Waals surface area contributed by atoms with Crippen LogP contribution < -0.4 is 4.90 Å². The normalized spacial score (nSPS) is 25.5. The van der Waals surface area contributed by atoms with Gasteiger partial charge in [0.2, 0.25) is 5.91 Å². The van der Waals surface area contributed by atoms with Crippen LogP contribution in [0.15, 0.2) is 12.4 Å². The molecule has 2 aliphatic heterocycles. The molecule has 4 heterocycles. The van der Waals surface area contributed by atoms with E-state index in [0.717, 1.165) is 37.4 Å². The van der Waals surface area contributed by atoms with Crippen molar-refractivity contribution in [2.45, 2.75) is 31.9 Å². The minimum absolute atomic E-state index is 0.125. The number of hydrogen-bond donors (Lipinski definition) is 1. The number of hydrogen-bond acceptors (Lipinski definition) is 6. The van der Waals surface area contributed by atoms with Crippen molar-refractivity contribution in [2.24, 2.45) is 7.05 Å². The summed E-state index contributed by atoms with van der Waals surface area (Å²) in [6.07, 6.45) is 5.29. The van der Waals surface area contributed by atoms with Crippen molar-refractivity contribution >= 4 is 11.6 Å². The highest BCUT2D eigenvalue weighted by molar-refractivity contribution is 5.97. The summed E-state index contributed by atoms with van der Waals surface area (Å²) in [5, 5.41) is 11.3. The van der Waals surface area contributed by atoms with Crippen LogP contribution in [0, 0.1) is 6.92 Å². The quantitative estimate of drug-likeness (QED) is 0.866. The molecule has 1 N–H and O–H groups in total. The highest BCUT2D eigenvalue weighted by atomic mass is 16.5. The van der Waals surface area contributed by atoms with Gasteiger partial charge in [0.1, 0.15) is 11.9 Å². The molecule has 0 aliphatic carbocycles. The number of nitrogens with one attached hydrogen (secondary N) is 1. The molecule has 2 aromatic heterocycles. The molecule has 2 fully saturated rings. The van der Waals surface area contributed by atoms with E-state index >= 15 is 0 Å². The number of piperidine rings is 1. The molecule has 0 spiro atoms. The zero-order valence-electron chi connectivity index (χ0n) is 14.6. The van der Waals surface area contributed by atoms with E-state index in [-0.39, 0.29) is 18.1 Å². The second-order valence-corrected chi connectivity index (χ2v) is 6.65. The lowest BCUT2D eigenvalue weighted by molar-refractivity contribution is -0.129. The molecule has 2 saturated heterocycles. The number of aromatic amines is 1. The second-order valence-electron chi connectivity index (χ2n) is 6.65. The van der Waals surface area contributed by atoms with Gasteiger partial charge in [-0.3, -0.25) is 19.5 Å². The maximum Gasteiger partial charge on any atom is 0.244 e. The molecule has 0 bridgehead atoms. The first-order chi connectivity index (χ1) is 12.1. The van der Waals surface area contributed by atoms with E-state index in [1.54, 1.807) is 10.9 Å². The van der Waals surface area contributed by atoms with E-state index in [1.807, 2.05) is 25.1 Å². The lowest BCUT2D eigenvalue weighted by atomic mass is 10.0. The van der Waals surface area contributed by atoms with E-state index in [4.69, 9.17) is 4.74 Å². The van der Waals surface area contributed by atoms with Gasteiger partial charge in [-0.05, 0) is 19.8 Å². The van der Waals surface area contributed by atoms with Crippen LogP contribution in [0.2, 0.25) is 0 Å². The molecule has 0 aromatic carbocycles. The standard InChI is InChI=1S/C16H23N7O2/c1-11-18-15(20-19-11)14-10-22(6-7-25-14)13-4-3-5-23(16(13)24)12-8-17-21(2)9-12/h8-9,13-14H,3-7,10H2,1-2H3,(H,18,19,20)/t13-,14-/m1/s1. The summed E-state index contributed by atoms with van der Waals surface area (Å²) in [6, 6.07) is -0.125. The summed E-state index contributed by atoms with van der Waals surface area (Å²) in [5.74, 6) is 1.58. The van der Waals surface area contributed by atoms with E-state index < -0.39 is 0 Å². The van der Waals surface area contributed by atoms with Crippen LogP contribution in [0.5, 0.6) is 0 Å².